The van der Waals surface area contributed by atoms with Crippen molar-refractivity contribution in [2.45, 2.75) is 13.5 Å². The predicted octanol–water partition coefficient (Wildman–Crippen LogP) is 1.62. The number of carbonyl (C=O) groups excluding carboxylic acids is 1. The van der Waals surface area contributed by atoms with E-state index in [0.29, 0.717) is 25.3 Å². The summed E-state index contributed by atoms with van der Waals surface area (Å²) in [6.45, 7) is 7.01. The molecule has 1 aliphatic heterocycles. The summed E-state index contributed by atoms with van der Waals surface area (Å²) >= 11 is 0. The largest absolute Gasteiger partial charge is 0.463 e. The van der Waals surface area contributed by atoms with Crippen LogP contribution in [-0.2, 0) is 16.1 Å². The highest BCUT2D eigenvalue weighted by Crippen LogP contribution is 2.35. The van der Waals surface area contributed by atoms with Crippen molar-refractivity contribution < 1.29 is 19.0 Å². The van der Waals surface area contributed by atoms with Gasteiger partial charge in [-0.05, 0) is 13.0 Å². The first-order valence-electron chi connectivity index (χ1n) is 6.15. The molecule has 1 aromatic carbocycles. The van der Waals surface area contributed by atoms with E-state index in [9.17, 15) is 4.79 Å². The van der Waals surface area contributed by atoms with Crippen molar-refractivity contribution >= 4 is 5.97 Å². The summed E-state index contributed by atoms with van der Waals surface area (Å²) in [5.41, 5.74) is 1.40. The normalized spacial score (nSPS) is 12.3. The van der Waals surface area contributed by atoms with Gasteiger partial charge >= 0.3 is 5.97 Å². The number of carbonyl (C=O) groups is 1. The van der Waals surface area contributed by atoms with Gasteiger partial charge in [0.25, 0.3) is 0 Å². The highest BCUT2D eigenvalue weighted by Gasteiger charge is 2.16. The topological polar surface area (TPSA) is 56.8 Å². The molecule has 0 saturated carbocycles. The minimum atomic E-state index is -0.368. The minimum Gasteiger partial charge on any atom is -0.463 e. The van der Waals surface area contributed by atoms with Crippen LogP contribution in [-0.4, -0.2) is 25.9 Å². The fourth-order valence-electron chi connectivity index (χ4n) is 1.78. The Hall–Kier alpha value is -2.01. The number of hydrogen-bond acceptors (Lipinski definition) is 5. The Balaban J connectivity index is 1.85. The van der Waals surface area contributed by atoms with Gasteiger partial charge in [-0.3, -0.25) is 0 Å². The monoisotopic (exact) mass is 263 g/mol. The zero-order valence-electron chi connectivity index (χ0n) is 10.9. The Morgan fingerprint density at radius 1 is 1.47 bits per heavy atom. The van der Waals surface area contributed by atoms with Crippen molar-refractivity contribution in [1.82, 2.24) is 5.32 Å². The molecular formula is C14H17NO4. The lowest BCUT2D eigenvalue weighted by Gasteiger charge is -2.09. The molecule has 102 valence electrons. The third kappa shape index (κ3) is 3.26. The summed E-state index contributed by atoms with van der Waals surface area (Å²) in [4.78, 5) is 11.4. The standard InChI is InChI=1S/C14H17NO4/c1-3-17-14(16)10(2)7-15-8-11-5-4-6-12-13(11)19-9-18-12/h4-6,15H,2-3,7-9H2,1H3. The number of para-hydroxylation sites is 1. The zero-order valence-corrected chi connectivity index (χ0v) is 10.9. The second kappa shape index (κ2) is 6.24. The average molecular weight is 263 g/mol. The van der Waals surface area contributed by atoms with Gasteiger partial charge in [0.1, 0.15) is 0 Å². The number of fused-ring (bicyclic) bond motifs is 1. The maximum atomic E-state index is 11.4. The highest BCUT2D eigenvalue weighted by atomic mass is 16.7. The number of esters is 1. The van der Waals surface area contributed by atoms with Crippen LogP contribution < -0.4 is 14.8 Å². The van der Waals surface area contributed by atoms with Gasteiger partial charge in [0.05, 0.1) is 6.61 Å². The smallest absolute Gasteiger partial charge is 0.334 e. The molecule has 1 N–H and O–H groups in total. The van der Waals surface area contributed by atoms with Gasteiger partial charge in [0.2, 0.25) is 6.79 Å². The summed E-state index contributed by atoms with van der Waals surface area (Å²) < 4.78 is 15.5. The summed E-state index contributed by atoms with van der Waals surface area (Å²) in [7, 11) is 0. The first-order chi connectivity index (χ1) is 9.22. The van der Waals surface area contributed by atoms with E-state index in [1.54, 1.807) is 6.92 Å². The number of ether oxygens (including phenoxy) is 3. The van der Waals surface area contributed by atoms with E-state index in [0.717, 1.165) is 17.1 Å². The maximum Gasteiger partial charge on any atom is 0.334 e. The molecule has 0 amide bonds. The van der Waals surface area contributed by atoms with Gasteiger partial charge in [-0.25, -0.2) is 4.79 Å². The lowest BCUT2D eigenvalue weighted by atomic mass is 10.2. The quantitative estimate of drug-likeness (QED) is 0.624. The van der Waals surface area contributed by atoms with Crippen LogP contribution in [0.15, 0.2) is 30.4 Å². The number of rotatable bonds is 6. The van der Waals surface area contributed by atoms with E-state index in [4.69, 9.17) is 14.2 Å². The van der Waals surface area contributed by atoms with Gasteiger partial charge in [-0.2, -0.15) is 0 Å². The number of hydrogen-bond donors (Lipinski definition) is 1. The molecule has 0 radical (unpaired) electrons. The maximum absolute atomic E-state index is 11.4. The third-order valence-corrected chi connectivity index (χ3v) is 2.70. The molecule has 5 nitrogen and oxygen atoms in total. The van der Waals surface area contributed by atoms with Crippen molar-refractivity contribution in [3.63, 3.8) is 0 Å². The van der Waals surface area contributed by atoms with Crippen LogP contribution in [0.5, 0.6) is 11.5 Å². The van der Waals surface area contributed by atoms with Crippen LogP contribution in [0.2, 0.25) is 0 Å². The lowest BCUT2D eigenvalue weighted by molar-refractivity contribution is -0.138. The first-order valence-corrected chi connectivity index (χ1v) is 6.15. The van der Waals surface area contributed by atoms with E-state index in [2.05, 4.69) is 11.9 Å². The van der Waals surface area contributed by atoms with E-state index in [1.807, 2.05) is 18.2 Å². The Bertz CT molecular complexity index is 484. The van der Waals surface area contributed by atoms with E-state index in [1.165, 1.54) is 0 Å². The molecule has 0 unspecified atom stereocenters. The minimum absolute atomic E-state index is 0.252. The van der Waals surface area contributed by atoms with E-state index < -0.39 is 0 Å². The molecule has 0 aliphatic carbocycles. The van der Waals surface area contributed by atoms with Crippen molar-refractivity contribution in [2.75, 3.05) is 19.9 Å². The average Bonchev–Trinajstić information content (AvgIpc) is 2.88. The molecule has 1 heterocycles. The highest BCUT2D eigenvalue weighted by molar-refractivity contribution is 5.88. The second-order valence-electron chi connectivity index (χ2n) is 4.08. The fraction of sp³-hybridized carbons (Fsp3) is 0.357. The second-order valence-corrected chi connectivity index (χ2v) is 4.08. The molecule has 2 rings (SSSR count). The lowest BCUT2D eigenvalue weighted by Crippen LogP contribution is -2.21. The number of benzene rings is 1. The molecule has 0 aromatic heterocycles. The van der Waals surface area contributed by atoms with Crippen molar-refractivity contribution in [3.05, 3.63) is 35.9 Å². The van der Waals surface area contributed by atoms with Crippen LogP contribution in [0.4, 0.5) is 0 Å². The molecule has 0 fully saturated rings. The molecule has 0 atom stereocenters. The van der Waals surface area contributed by atoms with Gasteiger partial charge in [-0.1, -0.05) is 18.7 Å². The van der Waals surface area contributed by atoms with Crippen molar-refractivity contribution in [2.24, 2.45) is 0 Å². The molecule has 0 spiro atoms. The van der Waals surface area contributed by atoms with Crippen LogP contribution in [0.25, 0.3) is 0 Å². The Morgan fingerprint density at radius 2 is 2.32 bits per heavy atom. The predicted molar refractivity (Wildman–Crippen MR) is 70.0 cm³/mol. The van der Waals surface area contributed by atoms with Crippen molar-refractivity contribution in [3.8, 4) is 11.5 Å². The summed E-state index contributed by atoms with van der Waals surface area (Å²) in [6, 6.07) is 5.72. The van der Waals surface area contributed by atoms with Gasteiger partial charge in [-0.15, -0.1) is 0 Å². The Morgan fingerprint density at radius 3 is 3.11 bits per heavy atom. The molecule has 19 heavy (non-hydrogen) atoms. The molecule has 1 aromatic rings. The molecular weight excluding hydrogens is 246 g/mol. The first kappa shape index (κ1) is 13.4. The van der Waals surface area contributed by atoms with Crippen molar-refractivity contribution in [1.29, 1.82) is 0 Å². The van der Waals surface area contributed by atoms with Gasteiger partial charge in [0, 0.05) is 24.2 Å². The SMILES string of the molecule is C=C(CNCc1cccc2c1OCO2)C(=O)OCC. The van der Waals surface area contributed by atoms with Crippen LogP contribution in [0.1, 0.15) is 12.5 Å². The van der Waals surface area contributed by atoms with Crippen LogP contribution in [0, 0.1) is 0 Å². The molecule has 0 bridgehead atoms. The summed E-state index contributed by atoms with van der Waals surface area (Å²) in [5, 5.41) is 3.13. The van der Waals surface area contributed by atoms with E-state index in [-0.39, 0.29) is 12.8 Å². The Kier molecular flexibility index (Phi) is 4.41. The number of nitrogens with one attached hydrogen (secondary N) is 1. The zero-order chi connectivity index (χ0) is 13.7. The van der Waals surface area contributed by atoms with E-state index >= 15 is 0 Å². The fourth-order valence-corrected chi connectivity index (χ4v) is 1.78. The summed E-state index contributed by atoms with van der Waals surface area (Å²) in [6.07, 6.45) is 0. The molecule has 1 aliphatic rings. The van der Waals surface area contributed by atoms with Crippen LogP contribution in [0.3, 0.4) is 0 Å². The van der Waals surface area contributed by atoms with Gasteiger partial charge in [0.15, 0.2) is 11.5 Å². The third-order valence-electron chi connectivity index (χ3n) is 2.70. The molecule has 0 saturated heterocycles. The Labute approximate surface area is 112 Å². The molecule has 5 heteroatoms. The van der Waals surface area contributed by atoms with Crippen LogP contribution >= 0.6 is 0 Å². The van der Waals surface area contributed by atoms with Gasteiger partial charge < -0.3 is 19.5 Å². The summed E-state index contributed by atoms with van der Waals surface area (Å²) in [5.74, 6) is 1.15.